The Morgan fingerprint density at radius 2 is 2.06 bits per heavy atom. The van der Waals surface area contributed by atoms with Gasteiger partial charge in [-0.05, 0) is 26.2 Å². The third-order valence-corrected chi connectivity index (χ3v) is 2.81. The standard InChI is InChI=1S/C13H24N4/c1-6-14-12-11(4)13(16-9-15-12)17(5)8-7-10(2)3/h9-10H,6-8H2,1-5H3,(H,14,15,16). The minimum atomic E-state index is 0.716. The van der Waals surface area contributed by atoms with Crippen molar-refractivity contribution >= 4 is 11.6 Å². The molecule has 4 heteroatoms. The van der Waals surface area contributed by atoms with Gasteiger partial charge in [0.1, 0.15) is 18.0 Å². The van der Waals surface area contributed by atoms with Crippen LogP contribution in [0.2, 0.25) is 0 Å². The van der Waals surface area contributed by atoms with Gasteiger partial charge >= 0.3 is 0 Å². The van der Waals surface area contributed by atoms with E-state index in [9.17, 15) is 0 Å². The van der Waals surface area contributed by atoms with Crippen molar-refractivity contribution in [1.82, 2.24) is 9.97 Å². The maximum atomic E-state index is 4.37. The maximum Gasteiger partial charge on any atom is 0.136 e. The van der Waals surface area contributed by atoms with Crippen LogP contribution >= 0.6 is 0 Å². The smallest absolute Gasteiger partial charge is 0.136 e. The summed E-state index contributed by atoms with van der Waals surface area (Å²) in [4.78, 5) is 10.8. The number of hydrogen-bond acceptors (Lipinski definition) is 4. The first-order chi connectivity index (χ1) is 8.06. The van der Waals surface area contributed by atoms with E-state index >= 15 is 0 Å². The van der Waals surface area contributed by atoms with Gasteiger partial charge in [-0.2, -0.15) is 0 Å². The zero-order valence-corrected chi connectivity index (χ0v) is 11.6. The lowest BCUT2D eigenvalue weighted by atomic mass is 10.1. The lowest BCUT2D eigenvalue weighted by Crippen LogP contribution is -2.22. The summed E-state index contributed by atoms with van der Waals surface area (Å²) in [6.45, 7) is 10.5. The van der Waals surface area contributed by atoms with Crippen LogP contribution in [0.5, 0.6) is 0 Å². The van der Waals surface area contributed by atoms with Gasteiger partial charge in [0, 0.05) is 25.7 Å². The Hall–Kier alpha value is -1.32. The summed E-state index contributed by atoms with van der Waals surface area (Å²) in [6, 6.07) is 0. The summed E-state index contributed by atoms with van der Waals surface area (Å²) < 4.78 is 0. The molecule has 0 spiro atoms. The molecule has 0 aliphatic carbocycles. The van der Waals surface area contributed by atoms with Crippen molar-refractivity contribution in [2.75, 3.05) is 30.4 Å². The molecule has 4 nitrogen and oxygen atoms in total. The minimum absolute atomic E-state index is 0.716. The number of rotatable bonds is 6. The predicted octanol–water partition coefficient (Wildman–Crippen LogP) is 2.70. The van der Waals surface area contributed by atoms with Crippen molar-refractivity contribution in [2.45, 2.75) is 34.1 Å². The van der Waals surface area contributed by atoms with E-state index < -0.39 is 0 Å². The van der Waals surface area contributed by atoms with Gasteiger partial charge in [-0.25, -0.2) is 9.97 Å². The molecule has 0 saturated carbocycles. The molecule has 0 bridgehead atoms. The molecule has 17 heavy (non-hydrogen) atoms. The molecule has 0 aliphatic rings. The number of aromatic nitrogens is 2. The lowest BCUT2D eigenvalue weighted by molar-refractivity contribution is 0.583. The molecule has 0 unspecified atom stereocenters. The van der Waals surface area contributed by atoms with E-state index in [1.165, 1.54) is 6.42 Å². The van der Waals surface area contributed by atoms with Crippen LogP contribution in [0, 0.1) is 12.8 Å². The van der Waals surface area contributed by atoms with E-state index in [-0.39, 0.29) is 0 Å². The molecule has 0 radical (unpaired) electrons. The molecule has 1 rings (SSSR count). The second kappa shape index (κ2) is 6.42. The largest absolute Gasteiger partial charge is 0.370 e. The van der Waals surface area contributed by atoms with Crippen LogP contribution in [-0.2, 0) is 0 Å². The van der Waals surface area contributed by atoms with Crippen molar-refractivity contribution in [3.63, 3.8) is 0 Å². The maximum absolute atomic E-state index is 4.37. The van der Waals surface area contributed by atoms with Gasteiger partial charge in [-0.3, -0.25) is 0 Å². The summed E-state index contributed by atoms with van der Waals surface area (Å²) in [7, 11) is 2.09. The highest BCUT2D eigenvalue weighted by Gasteiger charge is 2.10. The Kier molecular flexibility index (Phi) is 5.19. The fourth-order valence-corrected chi connectivity index (χ4v) is 1.73. The van der Waals surface area contributed by atoms with E-state index in [0.717, 1.165) is 30.3 Å². The second-order valence-corrected chi connectivity index (χ2v) is 4.81. The fourth-order valence-electron chi connectivity index (χ4n) is 1.73. The van der Waals surface area contributed by atoms with Crippen molar-refractivity contribution in [3.8, 4) is 0 Å². The molecule has 0 amide bonds. The topological polar surface area (TPSA) is 41.1 Å². The Labute approximate surface area is 104 Å². The van der Waals surface area contributed by atoms with Crippen molar-refractivity contribution in [1.29, 1.82) is 0 Å². The molecule has 0 fully saturated rings. The van der Waals surface area contributed by atoms with E-state index in [4.69, 9.17) is 0 Å². The van der Waals surface area contributed by atoms with Crippen LogP contribution in [0.3, 0.4) is 0 Å². The molecular weight excluding hydrogens is 212 g/mol. The first-order valence-electron chi connectivity index (χ1n) is 6.32. The minimum Gasteiger partial charge on any atom is -0.370 e. The highest BCUT2D eigenvalue weighted by atomic mass is 15.2. The van der Waals surface area contributed by atoms with Crippen LogP contribution in [0.15, 0.2) is 6.33 Å². The highest BCUT2D eigenvalue weighted by molar-refractivity contribution is 5.57. The monoisotopic (exact) mass is 236 g/mol. The van der Waals surface area contributed by atoms with E-state index in [2.05, 4.69) is 54.9 Å². The quantitative estimate of drug-likeness (QED) is 0.824. The Morgan fingerprint density at radius 3 is 2.65 bits per heavy atom. The summed E-state index contributed by atoms with van der Waals surface area (Å²) >= 11 is 0. The zero-order chi connectivity index (χ0) is 12.8. The summed E-state index contributed by atoms with van der Waals surface area (Å²) in [6.07, 6.45) is 2.81. The first kappa shape index (κ1) is 13.7. The Morgan fingerprint density at radius 1 is 1.35 bits per heavy atom. The van der Waals surface area contributed by atoms with Crippen molar-refractivity contribution < 1.29 is 0 Å². The highest BCUT2D eigenvalue weighted by Crippen LogP contribution is 2.21. The SMILES string of the molecule is CCNc1ncnc(N(C)CCC(C)C)c1C. The average molecular weight is 236 g/mol. The van der Waals surface area contributed by atoms with Gasteiger partial charge in [-0.1, -0.05) is 13.8 Å². The molecule has 0 aromatic carbocycles. The molecular formula is C13H24N4. The number of nitrogens with zero attached hydrogens (tertiary/aromatic N) is 3. The molecule has 0 atom stereocenters. The normalized spacial score (nSPS) is 10.7. The van der Waals surface area contributed by atoms with E-state index in [1.54, 1.807) is 6.33 Å². The van der Waals surface area contributed by atoms with Gasteiger partial charge in [0.2, 0.25) is 0 Å². The zero-order valence-electron chi connectivity index (χ0n) is 11.6. The van der Waals surface area contributed by atoms with Crippen LogP contribution in [0.4, 0.5) is 11.6 Å². The Bertz CT molecular complexity index is 349. The van der Waals surface area contributed by atoms with Gasteiger partial charge in [-0.15, -0.1) is 0 Å². The van der Waals surface area contributed by atoms with Crippen LogP contribution in [0.25, 0.3) is 0 Å². The van der Waals surface area contributed by atoms with Gasteiger partial charge in [0.15, 0.2) is 0 Å². The van der Waals surface area contributed by atoms with Gasteiger partial charge in [0.05, 0.1) is 0 Å². The van der Waals surface area contributed by atoms with E-state index in [0.29, 0.717) is 5.92 Å². The first-order valence-corrected chi connectivity index (χ1v) is 6.32. The predicted molar refractivity (Wildman–Crippen MR) is 73.7 cm³/mol. The van der Waals surface area contributed by atoms with Crippen LogP contribution < -0.4 is 10.2 Å². The second-order valence-electron chi connectivity index (χ2n) is 4.81. The average Bonchev–Trinajstić information content (AvgIpc) is 2.29. The molecule has 1 aromatic heterocycles. The number of anilines is 2. The lowest BCUT2D eigenvalue weighted by Gasteiger charge is -2.22. The van der Waals surface area contributed by atoms with E-state index in [1.807, 2.05) is 0 Å². The van der Waals surface area contributed by atoms with Crippen molar-refractivity contribution in [2.24, 2.45) is 5.92 Å². The van der Waals surface area contributed by atoms with Gasteiger partial charge < -0.3 is 10.2 Å². The van der Waals surface area contributed by atoms with Crippen LogP contribution in [0.1, 0.15) is 32.8 Å². The fraction of sp³-hybridized carbons (Fsp3) is 0.692. The molecule has 1 heterocycles. The molecule has 1 aromatic rings. The third-order valence-electron chi connectivity index (χ3n) is 2.81. The summed E-state index contributed by atoms with van der Waals surface area (Å²) in [5.74, 6) is 2.68. The molecule has 0 aliphatic heterocycles. The van der Waals surface area contributed by atoms with Crippen LogP contribution in [-0.4, -0.2) is 30.1 Å². The van der Waals surface area contributed by atoms with Gasteiger partial charge in [0.25, 0.3) is 0 Å². The number of hydrogen-bond donors (Lipinski definition) is 1. The Balaban J connectivity index is 2.78. The summed E-state index contributed by atoms with van der Waals surface area (Å²) in [5, 5.41) is 3.26. The molecule has 1 N–H and O–H groups in total. The summed E-state index contributed by atoms with van der Waals surface area (Å²) in [5.41, 5.74) is 1.13. The molecule has 96 valence electrons. The molecule has 0 saturated heterocycles. The number of nitrogens with one attached hydrogen (secondary N) is 1. The van der Waals surface area contributed by atoms with Crippen molar-refractivity contribution in [3.05, 3.63) is 11.9 Å². The third kappa shape index (κ3) is 3.88.